The minimum atomic E-state index is -2.35. The van der Waals surface area contributed by atoms with Gasteiger partial charge in [0.25, 0.3) is 6.43 Å². The molecule has 1 saturated heterocycles. The molecule has 2 heterocycles. The first-order valence-electron chi connectivity index (χ1n) is 5.40. The van der Waals surface area contributed by atoms with Crippen molar-refractivity contribution in [2.75, 3.05) is 16.8 Å². The summed E-state index contributed by atoms with van der Waals surface area (Å²) in [6.07, 6.45) is 1.58. The Labute approximate surface area is 97.6 Å². The molecule has 1 atom stereocenters. The smallest absolute Gasteiger partial charge is 0.257 e. The number of rotatable bonds is 4. The highest BCUT2D eigenvalue weighted by Crippen LogP contribution is 2.20. The van der Waals surface area contributed by atoms with Gasteiger partial charge in [0.2, 0.25) is 0 Å². The molecule has 1 aliphatic rings. The predicted molar refractivity (Wildman–Crippen MR) is 62.2 cm³/mol. The Kier molecular flexibility index (Phi) is 4.04. The molecule has 2 rings (SSSR count). The summed E-state index contributed by atoms with van der Waals surface area (Å²) < 4.78 is 25.5. The number of hydrogen-bond donors (Lipinski definition) is 1. The molecule has 1 aliphatic heterocycles. The van der Waals surface area contributed by atoms with Crippen molar-refractivity contribution in [3.63, 3.8) is 0 Å². The van der Waals surface area contributed by atoms with E-state index in [0.717, 1.165) is 12.2 Å². The van der Waals surface area contributed by atoms with Gasteiger partial charge in [-0.25, -0.2) is 8.78 Å². The summed E-state index contributed by atoms with van der Waals surface area (Å²) in [6.45, 7) is -0.332. The lowest BCUT2D eigenvalue weighted by atomic mass is 10.2. The number of alkyl halides is 2. The van der Waals surface area contributed by atoms with E-state index in [4.69, 9.17) is 0 Å². The van der Waals surface area contributed by atoms with Gasteiger partial charge in [-0.1, -0.05) is 0 Å². The molecule has 3 nitrogen and oxygen atoms in total. The van der Waals surface area contributed by atoms with Crippen molar-refractivity contribution in [3.8, 4) is 0 Å². The lowest BCUT2D eigenvalue weighted by Crippen LogP contribution is -2.26. The third-order valence-corrected chi connectivity index (χ3v) is 3.69. The molecule has 0 bridgehead atoms. The molecule has 1 aromatic heterocycles. The zero-order valence-corrected chi connectivity index (χ0v) is 9.72. The lowest BCUT2D eigenvalue weighted by Gasteiger charge is -2.22. The van der Waals surface area contributed by atoms with Crippen molar-refractivity contribution in [2.45, 2.75) is 31.9 Å². The average molecular weight is 247 g/mol. The molecular weight excluding hydrogens is 232 g/mol. The number of hydrogen-bond acceptors (Lipinski definition) is 3. The number of anilines is 1. The van der Waals surface area contributed by atoms with Crippen LogP contribution in [0.25, 0.3) is 0 Å². The molecule has 0 saturated carbocycles. The van der Waals surface area contributed by atoms with Gasteiger partial charge in [0, 0.05) is 24.1 Å². The molecule has 0 aromatic carbocycles. The Bertz CT molecular complexity index is 324. The van der Waals surface area contributed by atoms with Crippen molar-refractivity contribution < 1.29 is 8.78 Å². The van der Waals surface area contributed by atoms with Crippen LogP contribution in [0.1, 0.15) is 12.8 Å². The zero-order chi connectivity index (χ0) is 11.4. The Morgan fingerprint density at radius 2 is 2.50 bits per heavy atom. The van der Waals surface area contributed by atoms with Gasteiger partial charge in [-0.2, -0.15) is 16.9 Å². The minimum absolute atomic E-state index is 0.332. The first-order valence-corrected chi connectivity index (χ1v) is 6.55. The highest BCUT2D eigenvalue weighted by Gasteiger charge is 2.14. The van der Waals surface area contributed by atoms with E-state index in [9.17, 15) is 8.78 Å². The first kappa shape index (κ1) is 11.7. The SMILES string of the molecule is FC(F)Cn1ccc(N[C@H]2CCCSC2)n1. The summed E-state index contributed by atoms with van der Waals surface area (Å²) in [6, 6.07) is 2.18. The van der Waals surface area contributed by atoms with Crippen LogP contribution in [-0.2, 0) is 6.54 Å². The standard InChI is InChI=1S/C10H15F2N3S/c11-9(12)6-15-4-3-10(14-15)13-8-2-1-5-16-7-8/h3-4,8-9H,1-2,5-7H2,(H,13,14)/t8-/m0/s1. The highest BCUT2D eigenvalue weighted by molar-refractivity contribution is 7.99. The quantitative estimate of drug-likeness (QED) is 0.886. The van der Waals surface area contributed by atoms with E-state index in [2.05, 4.69) is 10.4 Å². The van der Waals surface area contributed by atoms with Crippen LogP contribution in [0.3, 0.4) is 0 Å². The van der Waals surface area contributed by atoms with E-state index in [1.165, 1.54) is 16.9 Å². The van der Waals surface area contributed by atoms with Gasteiger partial charge < -0.3 is 5.32 Å². The van der Waals surface area contributed by atoms with Crippen LogP contribution in [0.2, 0.25) is 0 Å². The topological polar surface area (TPSA) is 29.9 Å². The van der Waals surface area contributed by atoms with Crippen LogP contribution >= 0.6 is 11.8 Å². The molecule has 1 N–H and O–H groups in total. The summed E-state index contributed by atoms with van der Waals surface area (Å²) >= 11 is 1.92. The lowest BCUT2D eigenvalue weighted by molar-refractivity contribution is 0.122. The van der Waals surface area contributed by atoms with Gasteiger partial charge in [0.05, 0.1) is 0 Å². The van der Waals surface area contributed by atoms with Gasteiger partial charge >= 0.3 is 0 Å². The maximum atomic E-state index is 12.1. The van der Waals surface area contributed by atoms with Gasteiger partial charge in [-0.15, -0.1) is 0 Å². The van der Waals surface area contributed by atoms with Gasteiger partial charge in [0.15, 0.2) is 0 Å². The number of nitrogens with zero attached hydrogens (tertiary/aromatic N) is 2. The second-order valence-corrected chi connectivity index (χ2v) is 5.02. The van der Waals surface area contributed by atoms with E-state index in [0.29, 0.717) is 11.9 Å². The molecule has 0 unspecified atom stereocenters. The third kappa shape index (κ3) is 3.37. The molecule has 90 valence electrons. The summed E-state index contributed by atoms with van der Waals surface area (Å²) in [5.74, 6) is 2.99. The van der Waals surface area contributed by atoms with E-state index < -0.39 is 6.43 Å². The Morgan fingerprint density at radius 1 is 1.62 bits per heavy atom. The van der Waals surface area contributed by atoms with Gasteiger partial charge in [0.1, 0.15) is 12.4 Å². The third-order valence-electron chi connectivity index (χ3n) is 2.48. The zero-order valence-electron chi connectivity index (χ0n) is 8.90. The number of thioether (sulfide) groups is 1. The monoisotopic (exact) mass is 247 g/mol. The summed E-state index contributed by atoms with van der Waals surface area (Å²) in [5, 5.41) is 7.34. The normalized spacial score (nSPS) is 21.3. The summed E-state index contributed by atoms with van der Waals surface area (Å²) in [7, 11) is 0. The fourth-order valence-electron chi connectivity index (χ4n) is 1.75. The van der Waals surface area contributed by atoms with Crippen LogP contribution in [0.15, 0.2) is 12.3 Å². The number of halogens is 2. The van der Waals surface area contributed by atoms with Gasteiger partial charge in [-0.05, 0) is 18.6 Å². The van der Waals surface area contributed by atoms with Crippen molar-refractivity contribution in [2.24, 2.45) is 0 Å². The van der Waals surface area contributed by atoms with E-state index in [1.54, 1.807) is 12.3 Å². The van der Waals surface area contributed by atoms with Crippen molar-refractivity contribution in [1.29, 1.82) is 0 Å². The van der Waals surface area contributed by atoms with Crippen LogP contribution in [0.4, 0.5) is 14.6 Å². The van der Waals surface area contributed by atoms with Crippen LogP contribution in [0.5, 0.6) is 0 Å². The maximum Gasteiger partial charge on any atom is 0.257 e. The molecular formula is C10H15F2N3S. The van der Waals surface area contributed by atoms with Crippen LogP contribution < -0.4 is 5.32 Å². The van der Waals surface area contributed by atoms with E-state index in [-0.39, 0.29) is 6.54 Å². The Morgan fingerprint density at radius 3 is 3.19 bits per heavy atom. The molecule has 16 heavy (non-hydrogen) atoms. The highest BCUT2D eigenvalue weighted by atomic mass is 32.2. The van der Waals surface area contributed by atoms with Crippen molar-refractivity contribution in [3.05, 3.63) is 12.3 Å². The van der Waals surface area contributed by atoms with Crippen LogP contribution in [-0.4, -0.2) is 33.8 Å². The molecule has 1 aromatic rings. The van der Waals surface area contributed by atoms with E-state index >= 15 is 0 Å². The predicted octanol–water partition coefficient (Wildman–Crippen LogP) is 2.46. The summed E-state index contributed by atoms with van der Waals surface area (Å²) in [5.41, 5.74) is 0. The molecule has 1 fully saturated rings. The average Bonchev–Trinajstić information content (AvgIpc) is 2.66. The maximum absolute atomic E-state index is 12.1. The Hall–Kier alpha value is -0.780. The molecule has 6 heteroatoms. The van der Waals surface area contributed by atoms with Crippen LogP contribution in [0, 0.1) is 0 Å². The Balaban J connectivity index is 1.86. The molecule has 0 radical (unpaired) electrons. The fourth-order valence-corrected chi connectivity index (χ4v) is 2.82. The largest absolute Gasteiger partial charge is 0.365 e. The molecule has 0 amide bonds. The number of aromatic nitrogens is 2. The number of nitrogens with one attached hydrogen (secondary N) is 1. The van der Waals surface area contributed by atoms with Gasteiger partial charge in [-0.3, -0.25) is 4.68 Å². The molecule has 0 spiro atoms. The summed E-state index contributed by atoms with van der Waals surface area (Å²) in [4.78, 5) is 0. The van der Waals surface area contributed by atoms with E-state index in [1.807, 2.05) is 11.8 Å². The second kappa shape index (κ2) is 5.52. The van der Waals surface area contributed by atoms with Crippen molar-refractivity contribution >= 4 is 17.6 Å². The molecule has 0 aliphatic carbocycles. The second-order valence-electron chi connectivity index (χ2n) is 3.87. The first-order chi connectivity index (χ1) is 7.74. The van der Waals surface area contributed by atoms with Crippen molar-refractivity contribution in [1.82, 2.24) is 9.78 Å². The minimum Gasteiger partial charge on any atom is -0.365 e. The fraction of sp³-hybridized carbons (Fsp3) is 0.700.